The minimum atomic E-state index is 0. The van der Waals surface area contributed by atoms with E-state index in [0.29, 0.717) is 5.05 Å². The maximum Gasteiger partial charge on any atom is 0.201 e. The Bertz CT molecular complexity index is 196. The van der Waals surface area contributed by atoms with Gasteiger partial charge in [-0.15, -0.1) is 28.3 Å². The van der Waals surface area contributed by atoms with Gasteiger partial charge in [0.05, 0.1) is 12.0 Å². The van der Waals surface area contributed by atoms with Crippen molar-refractivity contribution in [3.05, 3.63) is 22.4 Å². The third-order valence-electron chi connectivity index (χ3n) is 0.908. The number of halogens is 1. The zero-order valence-electron chi connectivity index (χ0n) is 5.37. The van der Waals surface area contributed by atoms with Crippen LogP contribution in [0.25, 0.3) is 0 Å². The molecule has 1 nitrogen and oxygen atoms in total. The van der Waals surface area contributed by atoms with Crippen LogP contribution in [0.5, 0.6) is 0 Å². The SMILES string of the molecule is Br.COC(=S)c1cccs1. The third-order valence-corrected chi connectivity index (χ3v) is 2.29. The zero-order chi connectivity index (χ0) is 6.69. The third kappa shape index (κ3) is 2.36. The second-order valence-electron chi connectivity index (χ2n) is 1.47. The maximum atomic E-state index is 4.86. The van der Waals surface area contributed by atoms with Crippen molar-refractivity contribution in [2.45, 2.75) is 0 Å². The van der Waals surface area contributed by atoms with Gasteiger partial charge in [0.1, 0.15) is 0 Å². The highest BCUT2D eigenvalue weighted by atomic mass is 79.9. The lowest BCUT2D eigenvalue weighted by atomic mass is 10.5. The molecular weight excluding hydrogens is 232 g/mol. The van der Waals surface area contributed by atoms with Crippen LogP contribution in [0.1, 0.15) is 4.88 Å². The number of hydrogen-bond donors (Lipinski definition) is 0. The number of rotatable bonds is 1. The fourth-order valence-electron chi connectivity index (χ4n) is 0.495. The summed E-state index contributed by atoms with van der Waals surface area (Å²) in [6.45, 7) is 0. The van der Waals surface area contributed by atoms with Gasteiger partial charge in [0.2, 0.25) is 5.05 Å². The standard InChI is InChI=1S/C6H6OS2.BrH/c1-7-6(8)5-3-2-4-9-5;/h2-4H,1H3;1H. The van der Waals surface area contributed by atoms with Gasteiger partial charge in [0.25, 0.3) is 0 Å². The largest absolute Gasteiger partial charge is 0.486 e. The molecule has 1 rings (SSSR count). The summed E-state index contributed by atoms with van der Waals surface area (Å²) in [5, 5.41) is 2.55. The summed E-state index contributed by atoms with van der Waals surface area (Å²) < 4.78 is 4.84. The molecule has 0 N–H and O–H groups in total. The molecule has 0 fully saturated rings. The van der Waals surface area contributed by atoms with Gasteiger partial charge in [-0.3, -0.25) is 0 Å². The number of hydrogen-bond acceptors (Lipinski definition) is 3. The van der Waals surface area contributed by atoms with Gasteiger partial charge >= 0.3 is 0 Å². The first-order chi connectivity index (χ1) is 4.34. The Labute approximate surface area is 79.8 Å². The molecule has 0 bridgehead atoms. The molecule has 0 aliphatic heterocycles. The van der Waals surface area contributed by atoms with Crippen LogP contribution in [0.3, 0.4) is 0 Å². The van der Waals surface area contributed by atoms with E-state index >= 15 is 0 Å². The van der Waals surface area contributed by atoms with E-state index in [4.69, 9.17) is 17.0 Å². The van der Waals surface area contributed by atoms with Crippen LogP contribution in [-0.4, -0.2) is 12.2 Å². The molecule has 1 aromatic rings. The van der Waals surface area contributed by atoms with Crippen molar-refractivity contribution < 1.29 is 4.74 Å². The summed E-state index contributed by atoms with van der Waals surface area (Å²) >= 11 is 6.45. The number of ether oxygens (including phenoxy) is 1. The van der Waals surface area contributed by atoms with Crippen LogP contribution < -0.4 is 0 Å². The van der Waals surface area contributed by atoms with E-state index in [-0.39, 0.29) is 17.0 Å². The zero-order valence-corrected chi connectivity index (χ0v) is 8.71. The van der Waals surface area contributed by atoms with Gasteiger partial charge < -0.3 is 4.74 Å². The van der Waals surface area contributed by atoms with E-state index < -0.39 is 0 Å². The average Bonchev–Trinajstić information content (AvgIpc) is 2.37. The summed E-state index contributed by atoms with van der Waals surface area (Å²) in [4.78, 5) is 1.02. The van der Waals surface area contributed by atoms with E-state index in [1.807, 2.05) is 17.5 Å². The fraction of sp³-hybridized carbons (Fsp3) is 0.167. The van der Waals surface area contributed by atoms with Crippen LogP contribution in [0.4, 0.5) is 0 Å². The first-order valence-electron chi connectivity index (χ1n) is 2.46. The van der Waals surface area contributed by atoms with Crippen LogP contribution in [0.2, 0.25) is 0 Å². The Morgan fingerprint density at radius 1 is 1.70 bits per heavy atom. The predicted molar refractivity (Wildman–Crippen MR) is 53.4 cm³/mol. The lowest BCUT2D eigenvalue weighted by molar-refractivity contribution is 0.417. The van der Waals surface area contributed by atoms with E-state index in [1.165, 1.54) is 0 Å². The van der Waals surface area contributed by atoms with Crippen molar-refractivity contribution in [1.29, 1.82) is 0 Å². The van der Waals surface area contributed by atoms with E-state index in [0.717, 1.165) is 4.88 Å². The molecule has 0 saturated carbocycles. The highest BCUT2D eigenvalue weighted by molar-refractivity contribution is 8.93. The molecule has 56 valence electrons. The van der Waals surface area contributed by atoms with Gasteiger partial charge in [-0.25, -0.2) is 0 Å². The molecule has 10 heavy (non-hydrogen) atoms. The van der Waals surface area contributed by atoms with Crippen LogP contribution in [0, 0.1) is 0 Å². The molecule has 0 amide bonds. The van der Waals surface area contributed by atoms with Crippen molar-refractivity contribution in [2.24, 2.45) is 0 Å². The van der Waals surface area contributed by atoms with Crippen molar-refractivity contribution in [2.75, 3.05) is 7.11 Å². The van der Waals surface area contributed by atoms with E-state index in [1.54, 1.807) is 18.4 Å². The van der Waals surface area contributed by atoms with Crippen molar-refractivity contribution >= 4 is 45.6 Å². The molecule has 1 aromatic heterocycles. The number of thiophene rings is 1. The van der Waals surface area contributed by atoms with Gasteiger partial charge in [-0.05, 0) is 23.7 Å². The topological polar surface area (TPSA) is 9.23 Å². The minimum absolute atomic E-state index is 0. The summed E-state index contributed by atoms with van der Waals surface area (Å²) in [5.74, 6) is 0. The molecule has 0 atom stereocenters. The second kappa shape index (κ2) is 4.82. The molecule has 0 saturated heterocycles. The van der Waals surface area contributed by atoms with E-state index in [9.17, 15) is 0 Å². The molecule has 0 spiro atoms. The summed E-state index contributed by atoms with van der Waals surface area (Å²) in [7, 11) is 1.59. The van der Waals surface area contributed by atoms with Gasteiger partial charge in [-0.1, -0.05) is 6.07 Å². The first-order valence-corrected chi connectivity index (χ1v) is 3.75. The van der Waals surface area contributed by atoms with Gasteiger partial charge in [0.15, 0.2) is 0 Å². The smallest absolute Gasteiger partial charge is 0.201 e. The minimum Gasteiger partial charge on any atom is -0.486 e. The summed E-state index contributed by atoms with van der Waals surface area (Å²) in [5.41, 5.74) is 0. The Morgan fingerprint density at radius 3 is 2.80 bits per heavy atom. The number of methoxy groups -OCH3 is 1. The Hall–Kier alpha value is 0.0700. The van der Waals surface area contributed by atoms with Crippen molar-refractivity contribution in [1.82, 2.24) is 0 Å². The Balaban J connectivity index is 0.000000810. The maximum absolute atomic E-state index is 4.86. The fourth-order valence-corrected chi connectivity index (χ4v) is 1.35. The molecule has 0 aliphatic rings. The summed E-state index contributed by atoms with van der Waals surface area (Å²) in [6.07, 6.45) is 0. The lowest BCUT2D eigenvalue weighted by Crippen LogP contribution is -1.94. The second-order valence-corrected chi connectivity index (χ2v) is 2.79. The normalized spacial score (nSPS) is 8.10. The highest BCUT2D eigenvalue weighted by Gasteiger charge is 1.97. The molecule has 4 heteroatoms. The Kier molecular flexibility index (Phi) is 4.85. The van der Waals surface area contributed by atoms with Crippen molar-refractivity contribution in [3.8, 4) is 0 Å². The molecular formula is C6H7BrOS2. The summed E-state index contributed by atoms with van der Waals surface area (Å²) in [6, 6.07) is 3.89. The van der Waals surface area contributed by atoms with Gasteiger partial charge in [0, 0.05) is 0 Å². The predicted octanol–water partition coefficient (Wildman–Crippen LogP) is 2.65. The molecule has 0 aromatic carbocycles. The molecule has 1 heterocycles. The van der Waals surface area contributed by atoms with E-state index in [2.05, 4.69) is 0 Å². The van der Waals surface area contributed by atoms with Crippen LogP contribution in [0.15, 0.2) is 17.5 Å². The van der Waals surface area contributed by atoms with Crippen molar-refractivity contribution in [3.63, 3.8) is 0 Å². The first kappa shape index (κ1) is 10.1. The highest BCUT2D eigenvalue weighted by Crippen LogP contribution is 2.09. The monoisotopic (exact) mass is 238 g/mol. The molecule has 0 aliphatic carbocycles. The Morgan fingerprint density at radius 2 is 2.40 bits per heavy atom. The molecule has 0 radical (unpaired) electrons. The quantitative estimate of drug-likeness (QED) is 0.697. The molecule has 0 unspecified atom stereocenters. The van der Waals surface area contributed by atoms with Crippen LogP contribution >= 0.6 is 40.5 Å². The lowest BCUT2D eigenvalue weighted by Gasteiger charge is -1.94. The van der Waals surface area contributed by atoms with Gasteiger partial charge in [-0.2, -0.15) is 0 Å². The number of thiocarbonyl (C=S) groups is 1. The van der Waals surface area contributed by atoms with Crippen LogP contribution in [-0.2, 0) is 4.74 Å². The average molecular weight is 239 g/mol.